The van der Waals surface area contributed by atoms with E-state index in [4.69, 9.17) is 0 Å². The van der Waals surface area contributed by atoms with Gasteiger partial charge in [0, 0.05) is 12.1 Å². The van der Waals surface area contributed by atoms with Gasteiger partial charge in [0.05, 0.1) is 30.5 Å². The van der Waals surface area contributed by atoms with Crippen molar-refractivity contribution in [2.75, 3.05) is 0 Å². The Morgan fingerprint density at radius 1 is 0.946 bits per heavy atom. The fourth-order valence-electron chi connectivity index (χ4n) is 5.16. The molecule has 37 heavy (non-hydrogen) atoms. The Balaban J connectivity index is 1.51. The summed E-state index contributed by atoms with van der Waals surface area (Å²) in [4.78, 5) is 32.6. The lowest BCUT2D eigenvalue weighted by Gasteiger charge is -2.36. The molecule has 7 nitrogen and oxygen atoms in total. The maximum Gasteiger partial charge on any atom is 0.326 e. The van der Waals surface area contributed by atoms with Gasteiger partial charge < -0.3 is 19.7 Å². The van der Waals surface area contributed by atoms with E-state index in [0.717, 1.165) is 27.9 Å². The molecule has 3 aromatic carbocycles. The van der Waals surface area contributed by atoms with Crippen molar-refractivity contribution >= 4 is 11.9 Å². The molecule has 2 heterocycles. The molecule has 188 valence electrons. The maximum absolute atomic E-state index is 14.1. The summed E-state index contributed by atoms with van der Waals surface area (Å²) in [7, 11) is 0. The van der Waals surface area contributed by atoms with Crippen molar-refractivity contribution in [3.8, 4) is 5.75 Å². The monoisotopic (exact) mass is 495 g/mol. The van der Waals surface area contributed by atoms with E-state index in [-0.39, 0.29) is 30.7 Å². The summed E-state index contributed by atoms with van der Waals surface area (Å²) in [6.07, 6.45) is 1.88. The van der Waals surface area contributed by atoms with Crippen LogP contribution in [0.3, 0.4) is 0 Å². The molecule has 1 aliphatic rings. The number of nitrogens with zero attached hydrogens (tertiary/aromatic N) is 3. The first-order chi connectivity index (χ1) is 17.8. The molecular weight excluding hydrogens is 466 g/mol. The number of carboxylic acids is 1. The number of hydrogen-bond donors (Lipinski definition) is 2. The first-order valence-electron chi connectivity index (χ1n) is 12.3. The topological polar surface area (TPSA) is 95.7 Å². The van der Waals surface area contributed by atoms with Gasteiger partial charge in [0.15, 0.2) is 0 Å². The van der Waals surface area contributed by atoms with Crippen LogP contribution in [0.5, 0.6) is 5.75 Å². The average Bonchev–Trinajstić information content (AvgIpc) is 3.33. The summed E-state index contributed by atoms with van der Waals surface area (Å²) >= 11 is 0. The lowest BCUT2D eigenvalue weighted by atomic mass is 9.88. The van der Waals surface area contributed by atoms with Crippen LogP contribution in [0.25, 0.3) is 0 Å². The number of hydrogen-bond acceptors (Lipinski definition) is 4. The number of aromatic hydroxyl groups is 1. The van der Waals surface area contributed by atoms with Gasteiger partial charge in [-0.2, -0.15) is 0 Å². The van der Waals surface area contributed by atoms with Crippen molar-refractivity contribution in [3.05, 3.63) is 119 Å². The SMILES string of the molecule is Cc1cc(C(C)n2cnc3c2C[C@@H](C(=O)O)N(C(=O)C(c2ccccc2)c2ccccc2)C3)ccc1O. The van der Waals surface area contributed by atoms with E-state index >= 15 is 0 Å². The van der Waals surface area contributed by atoms with E-state index in [1.807, 2.05) is 91.2 Å². The minimum Gasteiger partial charge on any atom is -0.508 e. The van der Waals surface area contributed by atoms with Crippen LogP contribution in [0.2, 0.25) is 0 Å². The number of imidazole rings is 1. The Morgan fingerprint density at radius 2 is 1.57 bits per heavy atom. The zero-order chi connectivity index (χ0) is 26.1. The molecule has 0 spiro atoms. The largest absolute Gasteiger partial charge is 0.508 e. The minimum absolute atomic E-state index is 0.117. The van der Waals surface area contributed by atoms with Crippen molar-refractivity contribution in [3.63, 3.8) is 0 Å². The molecule has 2 N–H and O–H groups in total. The van der Waals surface area contributed by atoms with Crippen LogP contribution in [0.1, 0.15) is 52.5 Å². The highest BCUT2D eigenvalue weighted by Crippen LogP contribution is 2.33. The third kappa shape index (κ3) is 4.60. The van der Waals surface area contributed by atoms with Crippen molar-refractivity contribution in [1.82, 2.24) is 14.5 Å². The fourth-order valence-corrected chi connectivity index (χ4v) is 5.16. The van der Waals surface area contributed by atoms with Gasteiger partial charge >= 0.3 is 5.97 Å². The van der Waals surface area contributed by atoms with Gasteiger partial charge in [0.1, 0.15) is 11.8 Å². The summed E-state index contributed by atoms with van der Waals surface area (Å²) in [6.45, 7) is 3.98. The van der Waals surface area contributed by atoms with Crippen LogP contribution in [0, 0.1) is 6.92 Å². The Labute approximate surface area is 215 Å². The smallest absolute Gasteiger partial charge is 0.326 e. The summed E-state index contributed by atoms with van der Waals surface area (Å²) in [5.41, 5.74) is 4.89. The highest BCUT2D eigenvalue weighted by molar-refractivity contribution is 5.91. The van der Waals surface area contributed by atoms with Crippen molar-refractivity contribution in [1.29, 1.82) is 0 Å². The second-order valence-corrected chi connectivity index (χ2v) is 9.55. The molecule has 1 aliphatic heterocycles. The van der Waals surface area contributed by atoms with Crippen LogP contribution >= 0.6 is 0 Å². The molecule has 5 rings (SSSR count). The number of benzene rings is 3. The summed E-state index contributed by atoms with van der Waals surface area (Å²) in [5.74, 6) is -1.69. The van der Waals surface area contributed by atoms with Gasteiger partial charge in [-0.05, 0) is 42.2 Å². The zero-order valence-electron chi connectivity index (χ0n) is 20.8. The lowest BCUT2D eigenvalue weighted by molar-refractivity contribution is -0.151. The van der Waals surface area contributed by atoms with Crippen LogP contribution in [0.15, 0.2) is 85.2 Å². The van der Waals surface area contributed by atoms with Crippen molar-refractivity contribution in [2.45, 2.75) is 44.8 Å². The van der Waals surface area contributed by atoms with E-state index in [1.165, 1.54) is 4.90 Å². The van der Waals surface area contributed by atoms with E-state index in [9.17, 15) is 19.8 Å². The molecule has 1 unspecified atom stereocenters. The Morgan fingerprint density at radius 3 is 2.14 bits per heavy atom. The van der Waals surface area contributed by atoms with Gasteiger partial charge in [0.2, 0.25) is 5.91 Å². The predicted octanol–water partition coefficient (Wildman–Crippen LogP) is 4.68. The van der Waals surface area contributed by atoms with Crippen molar-refractivity contribution in [2.24, 2.45) is 0 Å². The van der Waals surface area contributed by atoms with Gasteiger partial charge in [0.25, 0.3) is 0 Å². The number of aromatic nitrogens is 2. The number of amides is 1. The number of phenols is 1. The number of carboxylic acid groups (broad SMARTS) is 1. The number of carbonyl (C=O) groups is 2. The quantitative estimate of drug-likeness (QED) is 0.405. The van der Waals surface area contributed by atoms with Crippen molar-refractivity contribution < 1.29 is 19.8 Å². The van der Waals surface area contributed by atoms with Gasteiger partial charge in [-0.3, -0.25) is 4.79 Å². The molecule has 7 heteroatoms. The second kappa shape index (κ2) is 9.93. The molecule has 0 radical (unpaired) electrons. The first-order valence-corrected chi connectivity index (χ1v) is 12.3. The normalized spacial score (nSPS) is 15.9. The highest BCUT2D eigenvalue weighted by Gasteiger charge is 2.40. The number of rotatable bonds is 6. The van der Waals surface area contributed by atoms with E-state index in [2.05, 4.69) is 4.98 Å². The zero-order valence-corrected chi connectivity index (χ0v) is 20.8. The molecule has 0 aliphatic carbocycles. The van der Waals surface area contributed by atoms with Crippen LogP contribution in [-0.2, 0) is 22.6 Å². The third-order valence-electron chi connectivity index (χ3n) is 7.27. The molecule has 1 aromatic heterocycles. The average molecular weight is 496 g/mol. The molecule has 0 fully saturated rings. The molecule has 0 saturated carbocycles. The number of phenolic OH excluding ortho intramolecular Hbond substituents is 1. The lowest BCUT2D eigenvalue weighted by Crippen LogP contribution is -2.50. The van der Waals surface area contributed by atoms with E-state index in [1.54, 1.807) is 12.4 Å². The van der Waals surface area contributed by atoms with Crippen LogP contribution in [-0.4, -0.2) is 42.6 Å². The standard InChI is InChI=1S/C30H29N3O4/c1-19-15-23(13-14-27(19)34)20(2)33-18-31-24-17-32(26(30(36)37)16-25(24)33)29(35)28(21-9-5-3-6-10-21)22-11-7-4-8-12-22/h3-15,18,20,26,28,34H,16-17H2,1-2H3,(H,36,37)/t20?,26-/m0/s1. The molecule has 2 atom stereocenters. The molecule has 0 saturated heterocycles. The summed E-state index contributed by atoms with van der Waals surface area (Å²) in [5, 5.41) is 20.1. The summed E-state index contributed by atoms with van der Waals surface area (Å²) < 4.78 is 1.98. The molecular formula is C30H29N3O4. The predicted molar refractivity (Wildman–Crippen MR) is 139 cm³/mol. The Bertz CT molecular complexity index is 1390. The molecule has 1 amide bonds. The third-order valence-corrected chi connectivity index (χ3v) is 7.27. The highest BCUT2D eigenvalue weighted by atomic mass is 16.4. The number of fused-ring (bicyclic) bond motifs is 1. The number of aliphatic carboxylic acids is 1. The summed E-state index contributed by atoms with van der Waals surface area (Å²) in [6, 6.07) is 23.2. The minimum atomic E-state index is -1.04. The molecule has 0 bridgehead atoms. The van der Waals surface area contributed by atoms with E-state index < -0.39 is 17.9 Å². The Kier molecular flexibility index (Phi) is 6.53. The van der Waals surface area contributed by atoms with Crippen LogP contribution in [0.4, 0.5) is 0 Å². The van der Waals surface area contributed by atoms with Gasteiger partial charge in [-0.1, -0.05) is 72.8 Å². The second-order valence-electron chi connectivity index (χ2n) is 9.55. The molecule has 4 aromatic rings. The maximum atomic E-state index is 14.1. The van der Waals surface area contributed by atoms with Crippen LogP contribution < -0.4 is 0 Å². The first kappa shape index (κ1) is 24.3. The van der Waals surface area contributed by atoms with E-state index in [0.29, 0.717) is 5.69 Å². The van der Waals surface area contributed by atoms with Gasteiger partial charge in [-0.15, -0.1) is 0 Å². The van der Waals surface area contributed by atoms with Gasteiger partial charge in [-0.25, -0.2) is 9.78 Å². The fraction of sp³-hybridized carbons (Fsp3) is 0.233. The number of carbonyl (C=O) groups excluding carboxylic acids is 1. The Hall–Kier alpha value is -4.39. The number of aryl methyl sites for hydroxylation is 1.